The molecule has 1 aromatic heterocycles. The first kappa shape index (κ1) is 11.9. The van der Waals surface area contributed by atoms with Crippen molar-refractivity contribution in [3.05, 3.63) is 41.2 Å². The monoisotopic (exact) mass is 230 g/mol. The summed E-state index contributed by atoms with van der Waals surface area (Å²) >= 11 is 0. The second-order valence-corrected chi connectivity index (χ2v) is 4.15. The summed E-state index contributed by atoms with van der Waals surface area (Å²) in [6.45, 7) is 4.74. The lowest BCUT2D eigenvalue weighted by atomic mass is 10.0. The SMILES string of the molecule is CCc1ccc(-c2c(COC)n[nH]c2C)cc1. The molecule has 1 heterocycles. The number of aromatic nitrogens is 2. The average molecular weight is 230 g/mol. The van der Waals surface area contributed by atoms with Crippen molar-refractivity contribution in [1.29, 1.82) is 0 Å². The van der Waals surface area contributed by atoms with E-state index < -0.39 is 0 Å². The van der Waals surface area contributed by atoms with Crippen LogP contribution in [0.15, 0.2) is 24.3 Å². The number of hydrogen-bond donors (Lipinski definition) is 1. The van der Waals surface area contributed by atoms with Gasteiger partial charge in [0, 0.05) is 18.4 Å². The molecular weight excluding hydrogens is 212 g/mol. The topological polar surface area (TPSA) is 37.9 Å². The Kier molecular flexibility index (Phi) is 3.59. The maximum absolute atomic E-state index is 5.17. The number of nitrogens with one attached hydrogen (secondary N) is 1. The van der Waals surface area contributed by atoms with Crippen molar-refractivity contribution >= 4 is 0 Å². The molecule has 0 aliphatic heterocycles. The van der Waals surface area contributed by atoms with Gasteiger partial charge in [-0.05, 0) is 24.5 Å². The number of methoxy groups -OCH3 is 1. The molecule has 1 N–H and O–H groups in total. The highest BCUT2D eigenvalue weighted by molar-refractivity contribution is 5.68. The van der Waals surface area contributed by atoms with Crippen molar-refractivity contribution in [1.82, 2.24) is 10.2 Å². The Hall–Kier alpha value is -1.61. The summed E-state index contributed by atoms with van der Waals surface area (Å²) in [4.78, 5) is 0. The third-order valence-corrected chi connectivity index (χ3v) is 2.95. The van der Waals surface area contributed by atoms with Gasteiger partial charge < -0.3 is 4.74 Å². The number of rotatable bonds is 4. The first-order valence-corrected chi connectivity index (χ1v) is 5.88. The van der Waals surface area contributed by atoms with E-state index in [0.717, 1.165) is 23.4 Å². The lowest BCUT2D eigenvalue weighted by molar-refractivity contribution is 0.182. The molecule has 3 nitrogen and oxygen atoms in total. The Labute approximate surface area is 102 Å². The molecule has 0 fully saturated rings. The van der Waals surface area contributed by atoms with Gasteiger partial charge in [-0.15, -0.1) is 0 Å². The van der Waals surface area contributed by atoms with Crippen LogP contribution in [0.2, 0.25) is 0 Å². The zero-order chi connectivity index (χ0) is 12.3. The first-order valence-electron chi connectivity index (χ1n) is 5.88. The van der Waals surface area contributed by atoms with Gasteiger partial charge in [-0.1, -0.05) is 31.2 Å². The van der Waals surface area contributed by atoms with Crippen LogP contribution in [0.1, 0.15) is 23.9 Å². The summed E-state index contributed by atoms with van der Waals surface area (Å²) in [6, 6.07) is 8.63. The molecule has 0 atom stereocenters. The first-order chi connectivity index (χ1) is 8.26. The quantitative estimate of drug-likeness (QED) is 0.876. The maximum Gasteiger partial charge on any atom is 0.0960 e. The minimum Gasteiger partial charge on any atom is -0.378 e. The van der Waals surface area contributed by atoms with Crippen LogP contribution in [0.5, 0.6) is 0 Å². The van der Waals surface area contributed by atoms with Gasteiger partial charge >= 0.3 is 0 Å². The van der Waals surface area contributed by atoms with Crippen LogP contribution >= 0.6 is 0 Å². The summed E-state index contributed by atoms with van der Waals surface area (Å²) < 4.78 is 5.17. The number of aryl methyl sites for hydroxylation is 2. The highest BCUT2D eigenvalue weighted by Crippen LogP contribution is 2.26. The van der Waals surface area contributed by atoms with Gasteiger partial charge in [0.25, 0.3) is 0 Å². The third-order valence-electron chi connectivity index (χ3n) is 2.95. The van der Waals surface area contributed by atoms with Crippen LogP contribution in [-0.2, 0) is 17.8 Å². The Balaban J connectivity index is 2.40. The van der Waals surface area contributed by atoms with Crippen molar-refractivity contribution < 1.29 is 4.74 Å². The molecule has 0 saturated carbocycles. The zero-order valence-corrected chi connectivity index (χ0v) is 10.6. The van der Waals surface area contributed by atoms with E-state index in [4.69, 9.17) is 4.74 Å². The minimum absolute atomic E-state index is 0.537. The largest absolute Gasteiger partial charge is 0.378 e. The molecule has 90 valence electrons. The van der Waals surface area contributed by atoms with Gasteiger partial charge in [0.15, 0.2) is 0 Å². The van der Waals surface area contributed by atoms with E-state index in [1.807, 2.05) is 6.92 Å². The molecular formula is C14H18N2O. The van der Waals surface area contributed by atoms with Crippen LogP contribution in [0.3, 0.4) is 0 Å². The lowest BCUT2D eigenvalue weighted by Gasteiger charge is -2.05. The number of nitrogens with zero attached hydrogens (tertiary/aromatic N) is 1. The van der Waals surface area contributed by atoms with Crippen LogP contribution in [0.4, 0.5) is 0 Å². The zero-order valence-electron chi connectivity index (χ0n) is 10.6. The van der Waals surface area contributed by atoms with E-state index in [9.17, 15) is 0 Å². The number of benzene rings is 1. The van der Waals surface area contributed by atoms with E-state index >= 15 is 0 Å². The van der Waals surface area contributed by atoms with Crippen LogP contribution < -0.4 is 0 Å². The Morgan fingerprint density at radius 3 is 2.53 bits per heavy atom. The Bertz CT molecular complexity index is 485. The number of H-pyrrole nitrogens is 1. The molecule has 0 aliphatic rings. The van der Waals surface area contributed by atoms with Gasteiger partial charge in [0.05, 0.1) is 12.3 Å². The van der Waals surface area contributed by atoms with Crippen molar-refractivity contribution in [2.24, 2.45) is 0 Å². The van der Waals surface area contributed by atoms with Gasteiger partial charge in [-0.3, -0.25) is 5.10 Å². The predicted octanol–water partition coefficient (Wildman–Crippen LogP) is 3.09. The number of hydrogen-bond acceptors (Lipinski definition) is 2. The van der Waals surface area contributed by atoms with Gasteiger partial charge in [-0.25, -0.2) is 0 Å². The normalized spacial score (nSPS) is 10.8. The maximum atomic E-state index is 5.17. The van der Waals surface area contributed by atoms with E-state index in [1.54, 1.807) is 7.11 Å². The summed E-state index contributed by atoms with van der Waals surface area (Å²) in [5, 5.41) is 7.29. The van der Waals surface area contributed by atoms with Gasteiger partial charge in [0.2, 0.25) is 0 Å². The molecule has 0 amide bonds. The van der Waals surface area contributed by atoms with E-state index in [-0.39, 0.29) is 0 Å². The molecule has 0 bridgehead atoms. The third kappa shape index (κ3) is 2.39. The highest BCUT2D eigenvalue weighted by atomic mass is 16.5. The fourth-order valence-electron chi connectivity index (χ4n) is 2.01. The second-order valence-electron chi connectivity index (χ2n) is 4.15. The molecule has 0 spiro atoms. The molecule has 0 saturated heterocycles. The van der Waals surface area contributed by atoms with Crippen LogP contribution in [0.25, 0.3) is 11.1 Å². The molecule has 0 radical (unpaired) electrons. The summed E-state index contributed by atoms with van der Waals surface area (Å²) in [6.07, 6.45) is 1.07. The highest BCUT2D eigenvalue weighted by Gasteiger charge is 2.11. The van der Waals surface area contributed by atoms with Gasteiger partial charge in [0.1, 0.15) is 0 Å². The number of aromatic amines is 1. The van der Waals surface area contributed by atoms with Crippen LogP contribution in [0, 0.1) is 6.92 Å². The van der Waals surface area contributed by atoms with Crippen molar-refractivity contribution in [3.63, 3.8) is 0 Å². The smallest absolute Gasteiger partial charge is 0.0960 e. The fraction of sp³-hybridized carbons (Fsp3) is 0.357. The second kappa shape index (κ2) is 5.15. The molecule has 0 aliphatic carbocycles. The molecule has 2 aromatic rings. The van der Waals surface area contributed by atoms with E-state index in [2.05, 4.69) is 41.4 Å². The Morgan fingerprint density at radius 1 is 1.24 bits per heavy atom. The van der Waals surface area contributed by atoms with E-state index in [0.29, 0.717) is 6.61 Å². The summed E-state index contributed by atoms with van der Waals surface area (Å²) in [5.74, 6) is 0. The Morgan fingerprint density at radius 2 is 1.94 bits per heavy atom. The van der Waals surface area contributed by atoms with Crippen LogP contribution in [-0.4, -0.2) is 17.3 Å². The minimum atomic E-state index is 0.537. The van der Waals surface area contributed by atoms with Crippen molar-refractivity contribution in [2.75, 3.05) is 7.11 Å². The van der Waals surface area contributed by atoms with Gasteiger partial charge in [-0.2, -0.15) is 5.10 Å². The molecule has 1 aromatic carbocycles. The average Bonchev–Trinajstić information content (AvgIpc) is 2.71. The predicted molar refractivity (Wildman–Crippen MR) is 68.9 cm³/mol. The standard InChI is InChI=1S/C14H18N2O/c1-4-11-5-7-12(8-6-11)14-10(2)15-16-13(14)9-17-3/h5-8H,4,9H2,1-3H3,(H,15,16). The lowest BCUT2D eigenvalue weighted by Crippen LogP contribution is -1.91. The molecule has 3 heteroatoms. The molecule has 2 rings (SSSR count). The summed E-state index contributed by atoms with van der Waals surface area (Å²) in [5.41, 5.74) is 5.76. The number of ether oxygens (including phenoxy) is 1. The van der Waals surface area contributed by atoms with Crippen molar-refractivity contribution in [2.45, 2.75) is 26.9 Å². The molecule has 0 unspecified atom stereocenters. The van der Waals surface area contributed by atoms with E-state index in [1.165, 1.54) is 11.1 Å². The molecule has 17 heavy (non-hydrogen) atoms. The fourth-order valence-corrected chi connectivity index (χ4v) is 2.01. The van der Waals surface area contributed by atoms with Crippen molar-refractivity contribution in [3.8, 4) is 11.1 Å². The summed E-state index contributed by atoms with van der Waals surface area (Å²) in [7, 11) is 1.69.